The lowest BCUT2D eigenvalue weighted by Gasteiger charge is -2.38. The first-order valence-corrected chi connectivity index (χ1v) is 8.93. The maximum absolute atomic E-state index is 12.0. The Labute approximate surface area is 145 Å². The second kappa shape index (κ2) is 7.04. The maximum atomic E-state index is 12.0. The topological polar surface area (TPSA) is 36.4 Å². The third-order valence-corrected chi connectivity index (χ3v) is 5.45. The molecule has 3 heteroatoms. The zero-order chi connectivity index (χ0) is 17.2. The quantitative estimate of drug-likeness (QED) is 0.882. The molecule has 0 bridgehead atoms. The van der Waals surface area contributed by atoms with Crippen LogP contribution in [0.3, 0.4) is 0 Å². The zero-order valence-corrected chi connectivity index (χ0v) is 14.9. The number of aliphatic hydroxyl groups is 1. The highest BCUT2D eigenvalue weighted by molar-refractivity contribution is 5.41. The van der Waals surface area contributed by atoms with E-state index in [4.69, 9.17) is 0 Å². The first kappa shape index (κ1) is 17.1. The molecule has 0 aliphatic heterocycles. The molecule has 0 amide bonds. The van der Waals surface area contributed by atoms with Crippen molar-refractivity contribution < 1.29 is 5.11 Å². The SMILES string of the molecule is CCC(c1ccccn1)C1(O)c2ccccc2CC1CCN(C)C. The van der Waals surface area contributed by atoms with Crippen molar-refractivity contribution in [2.45, 2.75) is 37.7 Å². The van der Waals surface area contributed by atoms with Crippen LogP contribution in [-0.2, 0) is 12.0 Å². The van der Waals surface area contributed by atoms with Gasteiger partial charge in [0.15, 0.2) is 0 Å². The fourth-order valence-corrected chi connectivity index (χ4v) is 4.27. The average molecular weight is 324 g/mol. The number of fused-ring (bicyclic) bond motifs is 1. The summed E-state index contributed by atoms with van der Waals surface area (Å²) in [6.45, 7) is 3.14. The molecule has 1 N–H and O–H groups in total. The normalized spacial score (nSPS) is 24.1. The molecule has 1 aromatic carbocycles. The van der Waals surface area contributed by atoms with Gasteiger partial charge in [0.1, 0.15) is 5.60 Å². The molecule has 0 fully saturated rings. The van der Waals surface area contributed by atoms with E-state index < -0.39 is 5.60 Å². The Morgan fingerprint density at radius 2 is 1.96 bits per heavy atom. The van der Waals surface area contributed by atoms with Crippen LogP contribution in [0.15, 0.2) is 48.7 Å². The van der Waals surface area contributed by atoms with E-state index in [1.165, 1.54) is 5.56 Å². The van der Waals surface area contributed by atoms with E-state index in [1.807, 2.05) is 24.4 Å². The smallest absolute Gasteiger partial charge is 0.101 e. The molecule has 1 aliphatic rings. The van der Waals surface area contributed by atoms with Crippen molar-refractivity contribution >= 4 is 0 Å². The van der Waals surface area contributed by atoms with Crippen LogP contribution >= 0.6 is 0 Å². The number of hydrogen-bond acceptors (Lipinski definition) is 3. The van der Waals surface area contributed by atoms with Crippen LogP contribution < -0.4 is 0 Å². The number of pyridine rings is 1. The Hall–Kier alpha value is -1.71. The van der Waals surface area contributed by atoms with Crippen LogP contribution in [0.1, 0.15) is 42.5 Å². The molecule has 0 saturated heterocycles. The minimum absolute atomic E-state index is 0.0227. The molecule has 1 heterocycles. The summed E-state index contributed by atoms with van der Waals surface area (Å²) < 4.78 is 0. The van der Waals surface area contributed by atoms with Crippen molar-refractivity contribution in [3.8, 4) is 0 Å². The number of aromatic nitrogens is 1. The van der Waals surface area contributed by atoms with E-state index in [9.17, 15) is 5.11 Å². The van der Waals surface area contributed by atoms with Gasteiger partial charge in [0.2, 0.25) is 0 Å². The lowest BCUT2D eigenvalue weighted by molar-refractivity contribution is -0.0448. The summed E-state index contributed by atoms with van der Waals surface area (Å²) in [5.41, 5.74) is 2.55. The standard InChI is InChI=1S/C21H28N2O/c1-4-18(20-11-7-8-13-22-20)21(24)17(12-14-23(2)3)15-16-9-5-6-10-19(16)21/h5-11,13,17-18,24H,4,12,14-15H2,1-3H3. The lowest BCUT2D eigenvalue weighted by Crippen LogP contribution is -2.39. The first-order valence-electron chi connectivity index (χ1n) is 8.93. The van der Waals surface area contributed by atoms with Gasteiger partial charge in [-0.15, -0.1) is 0 Å². The van der Waals surface area contributed by atoms with Gasteiger partial charge in [-0.3, -0.25) is 4.98 Å². The zero-order valence-electron chi connectivity index (χ0n) is 14.9. The summed E-state index contributed by atoms with van der Waals surface area (Å²) in [4.78, 5) is 6.77. The molecule has 128 valence electrons. The van der Waals surface area contributed by atoms with Crippen molar-refractivity contribution in [2.24, 2.45) is 5.92 Å². The van der Waals surface area contributed by atoms with E-state index in [0.717, 1.165) is 37.1 Å². The van der Waals surface area contributed by atoms with E-state index in [-0.39, 0.29) is 11.8 Å². The van der Waals surface area contributed by atoms with Gasteiger partial charge >= 0.3 is 0 Å². The number of benzene rings is 1. The van der Waals surface area contributed by atoms with Crippen LogP contribution in [-0.4, -0.2) is 35.6 Å². The van der Waals surface area contributed by atoms with Crippen molar-refractivity contribution in [1.82, 2.24) is 9.88 Å². The van der Waals surface area contributed by atoms with Crippen molar-refractivity contribution in [1.29, 1.82) is 0 Å². The summed E-state index contributed by atoms with van der Waals surface area (Å²) in [5, 5.41) is 12.0. The van der Waals surface area contributed by atoms with Crippen LogP contribution in [0.5, 0.6) is 0 Å². The molecule has 1 aliphatic carbocycles. The Morgan fingerprint density at radius 1 is 1.21 bits per heavy atom. The van der Waals surface area contributed by atoms with E-state index in [0.29, 0.717) is 0 Å². The van der Waals surface area contributed by atoms with Gasteiger partial charge < -0.3 is 10.0 Å². The van der Waals surface area contributed by atoms with Gasteiger partial charge in [-0.25, -0.2) is 0 Å². The molecule has 0 saturated carbocycles. The molecule has 3 nitrogen and oxygen atoms in total. The fraction of sp³-hybridized carbons (Fsp3) is 0.476. The predicted molar refractivity (Wildman–Crippen MR) is 98.0 cm³/mol. The van der Waals surface area contributed by atoms with Crippen molar-refractivity contribution in [2.75, 3.05) is 20.6 Å². The monoisotopic (exact) mass is 324 g/mol. The number of nitrogens with zero attached hydrogens (tertiary/aromatic N) is 2. The van der Waals surface area contributed by atoms with Gasteiger partial charge in [-0.05, 0) is 69.1 Å². The Bertz CT molecular complexity index is 671. The summed E-state index contributed by atoms with van der Waals surface area (Å²) in [7, 11) is 4.19. The molecule has 3 unspecified atom stereocenters. The van der Waals surface area contributed by atoms with Gasteiger partial charge in [-0.2, -0.15) is 0 Å². The average Bonchev–Trinajstić information content (AvgIpc) is 2.88. The highest BCUT2D eigenvalue weighted by Gasteiger charge is 2.50. The highest BCUT2D eigenvalue weighted by atomic mass is 16.3. The Balaban J connectivity index is 2.03. The molecule has 1 aromatic heterocycles. The predicted octanol–water partition coefficient (Wildman–Crippen LogP) is 3.59. The minimum atomic E-state index is -0.838. The molecule has 2 aromatic rings. The van der Waals surface area contributed by atoms with Crippen LogP contribution in [0.4, 0.5) is 0 Å². The summed E-state index contributed by atoms with van der Waals surface area (Å²) in [5.74, 6) is 0.249. The largest absolute Gasteiger partial charge is 0.384 e. The van der Waals surface area contributed by atoms with Gasteiger partial charge in [0.25, 0.3) is 0 Å². The molecular weight excluding hydrogens is 296 g/mol. The number of hydrogen-bond donors (Lipinski definition) is 1. The molecular formula is C21H28N2O. The Kier molecular flexibility index (Phi) is 5.02. The van der Waals surface area contributed by atoms with Gasteiger partial charge in [0, 0.05) is 17.8 Å². The van der Waals surface area contributed by atoms with Crippen LogP contribution in [0.2, 0.25) is 0 Å². The maximum Gasteiger partial charge on any atom is 0.101 e. The molecule has 0 spiro atoms. The summed E-state index contributed by atoms with van der Waals surface area (Å²) >= 11 is 0. The second-order valence-corrected chi connectivity index (χ2v) is 7.19. The molecule has 3 atom stereocenters. The molecule has 24 heavy (non-hydrogen) atoms. The third kappa shape index (κ3) is 2.99. The van der Waals surface area contributed by atoms with E-state index >= 15 is 0 Å². The van der Waals surface area contributed by atoms with Crippen LogP contribution in [0, 0.1) is 5.92 Å². The fourth-order valence-electron chi connectivity index (χ4n) is 4.27. The van der Waals surface area contributed by atoms with E-state index in [2.05, 4.69) is 55.2 Å². The van der Waals surface area contributed by atoms with Gasteiger partial charge in [0.05, 0.1) is 0 Å². The number of rotatable bonds is 6. The summed E-state index contributed by atoms with van der Waals surface area (Å²) in [6.07, 6.45) is 4.64. The summed E-state index contributed by atoms with van der Waals surface area (Å²) in [6, 6.07) is 14.4. The Morgan fingerprint density at radius 3 is 2.62 bits per heavy atom. The lowest BCUT2D eigenvalue weighted by atomic mass is 9.72. The third-order valence-electron chi connectivity index (χ3n) is 5.45. The first-order chi connectivity index (χ1) is 11.6. The van der Waals surface area contributed by atoms with E-state index in [1.54, 1.807) is 0 Å². The molecule has 0 radical (unpaired) electrons. The second-order valence-electron chi connectivity index (χ2n) is 7.19. The van der Waals surface area contributed by atoms with Gasteiger partial charge in [-0.1, -0.05) is 37.3 Å². The molecule has 3 rings (SSSR count). The van der Waals surface area contributed by atoms with Crippen molar-refractivity contribution in [3.63, 3.8) is 0 Å². The highest BCUT2D eigenvalue weighted by Crippen LogP contribution is 2.52. The van der Waals surface area contributed by atoms with Crippen molar-refractivity contribution in [3.05, 3.63) is 65.5 Å². The minimum Gasteiger partial charge on any atom is -0.384 e. The van der Waals surface area contributed by atoms with Crippen LogP contribution in [0.25, 0.3) is 0 Å².